The number of non-ortho nitro benzene ring substituents is 1. The Hall–Kier alpha value is -4.73. The molecule has 1 heterocycles. The molecule has 0 bridgehead atoms. The van der Waals surface area contributed by atoms with Gasteiger partial charge in [0.1, 0.15) is 23.1 Å². The molecule has 3 aromatic carbocycles. The third kappa shape index (κ3) is 6.20. The molecule has 178 valence electrons. The van der Waals surface area contributed by atoms with E-state index in [0.717, 1.165) is 11.1 Å². The molecule has 0 unspecified atom stereocenters. The summed E-state index contributed by atoms with van der Waals surface area (Å²) in [5.74, 6) is 0.237. The van der Waals surface area contributed by atoms with Crippen molar-refractivity contribution in [2.75, 3.05) is 5.32 Å². The fourth-order valence-corrected chi connectivity index (χ4v) is 3.37. The molecule has 0 saturated carbocycles. The number of aryl methyl sites for hydroxylation is 2. The maximum Gasteiger partial charge on any atom is 0.276 e. The first-order valence-electron chi connectivity index (χ1n) is 10.5. The quantitative estimate of drug-likeness (QED) is 0.261. The highest BCUT2D eigenvalue weighted by Gasteiger charge is 2.16. The molecule has 0 aliphatic heterocycles. The van der Waals surface area contributed by atoms with E-state index in [0.29, 0.717) is 11.5 Å². The molecule has 1 aromatic heterocycles. The first-order valence-corrected chi connectivity index (χ1v) is 10.5. The summed E-state index contributed by atoms with van der Waals surface area (Å²) in [4.78, 5) is 23.6. The number of anilines is 1. The number of ether oxygens (including phenoxy) is 2. The van der Waals surface area contributed by atoms with E-state index in [9.17, 15) is 19.3 Å². The average Bonchev–Trinajstić information content (AvgIpc) is 3.27. The SMILES string of the molecule is Cc1cc(C)cc(Oc2cc(NC(=O)c3ccn(COc4ccc(F)cc4)n3)cc([N+](=O)[O-])c2)c1. The van der Waals surface area contributed by atoms with E-state index in [1.807, 2.05) is 32.0 Å². The molecule has 4 aromatic rings. The summed E-state index contributed by atoms with van der Waals surface area (Å²) in [6, 6.07) is 16.6. The van der Waals surface area contributed by atoms with Gasteiger partial charge in [0.05, 0.1) is 16.7 Å². The molecule has 10 heteroatoms. The number of hydrogen-bond donors (Lipinski definition) is 1. The summed E-state index contributed by atoms with van der Waals surface area (Å²) in [7, 11) is 0. The predicted molar refractivity (Wildman–Crippen MR) is 126 cm³/mol. The number of carbonyl (C=O) groups is 1. The van der Waals surface area contributed by atoms with Crippen LogP contribution in [-0.2, 0) is 6.73 Å². The number of aromatic nitrogens is 2. The third-order valence-electron chi connectivity index (χ3n) is 4.84. The van der Waals surface area contributed by atoms with Crippen LogP contribution in [0.1, 0.15) is 21.6 Å². The van der Waals surface area contributed by atoms with Gasteiger partial charge in [-0.1, -0.05) is 6.07 Å². The summed E-state index contributed by atoms with van der Waals surface area (Å²) in [5, 5.41) is 18.2. The zero-order valence-electron chi connectivity index (χ0n) is 18.9. The van der Waals surface area contributed by atoms with E-state index in [2.05, 4.69) is 10.4 Å². The highest BCUT2D eigenvalue weighted by atomic mass is 19.1. The van der Waals surface area contributed by atoms with Gasteiger partial charge in [-0.05, 0) is 67.4 Å². The molecule has 0 spiro atoms. The average molecular weight is 476 g/mol. The summed E-state index contributed by atoms with van der Waals surface area (Å²) >= 11 is 0. The lowest BCUT2D eigenvalue weighted by Crippen LogP contribution is -2.14. The van der Waals surface area contributed by atoms with Crippen molar-refractivity contribution in [2.24, 2.45) is 0 Å². The minimum absolute atomic E-state index is 0.00359. The number of nitrogens with zero attached hydrogens (tertiary/aromatic N) is 3. The fourth-order valence-electron chi connectivity index (χ4n) is 3.37. The number of hydrogen-bond acceptors (Lipinski definition) is 6. The van der Waals surface area contributed by atoms with E-state index < -0.39 is 10.8 Å². The summed E-state index contributed by atoms with van der Waals surface area (Å²) in [6.07, 6.45) is 1.54. The van der Waals surface area contributed by atoms with Crippen LogP contribution in [0.15, 0.2) is 72.9 Å². The zero-order valence-corrected chi connectivity index (χ0v) is 18.9. The molecular weight excluding hydrogens is 455 g/mol. The molecule has 1 N–H and O–H groups in total. The van der Waals surface area contributed by atoms with Crippen molar-refractivity contribution in [1.29, 1.82) is 0 Å². The lowest BCUT2D eigenvalue weighted by molar-refractivity contribution is -0.384. The van der Waals surface area contributed by atoms with Crippen molar-refractivity contribution in [3.05, 3.63) is 106 Å². The molecule has 35 heavy (non-hydrogen) atoms. The molecule has 1 amide bonds. The lowest BCUT2D eigenvalue weighted by atomic mass is 10.1. The number of rotatable bonds is 8. The molecule has 0 atom stereocenters. The number of nitro benzene ring substituents is 1. The Kier molecular flexibility index (Phi) is 6.72. The van der Waals surface area contributed by atoms with E-state index >= 15 is 0 Å². The number of nitrogens with one attached hydrogen (secondary N) is 1. The van der Waals surface area contributed by atoms with Gasteiger partial charge in [0, 0.05) is 18.3 Å². The first-order chi connectivity index (χ1) is 16.7. The lowest BCUT2D eigenvalue weighted by Gasteiger charge is -2.10. The van der Waals surface area contributed by atoms with Crippen molar-refractivity contribution in [2.45, 2.75) is 20.6 Å². The molecule has 0 aliphatic carbocycles. The molecule has 0 radical (unpaired) electrons. The largest absolute Gasteiger partial charge is 0.471 e. The zero-order chi connectivity index (χ0) is 24.9. The smallest absolute Gasteiger partial charge is 0.276 e. The number of nitro groups is 1. The first kappa shape index (κ1) is 23.4. The molecular formula is C25H21FN4O5. The van der Waals surface area contributed by atoms with Gasteiger partial charge < -0.3 is 14.8 Å². The number of halogens is 1. The van der Waals surface area contributed by atoms with Crippen molar-refractivity contribution in [1.82, 2.24) is 9.78 Å². The predicted octanol–water partition coefficient (Wildman–Crippen LogP) is 5.63. The van der Waals surface area contributed by atoms with Gasteiger partial charge >= 0.3 is 0 Å². The van der Waals surface area contributed by atoms with Crippen LogP contribution in [0.3, 0.4) is 0 Å². The van der Waals surface area contributed by atoms with Crippen molar-refractivity contribution in [3.63, 3.8) is 0 Å². The van der Waals surface area contributed by atoms with Crippen LogP contribution in [0.2, 0.25) is 0 Å². The van der Waals surface area contributed by atoms with Crippen LogP contribution in [0, 0.1) is 29.8 Å². The monoisotopic (exact) mass is 476 g/mol. The summed E-state index contributed by atoms with van der Waals surface area (Å²) in [6.45, 7) is 3.84. The Bertz CT molecular complexity index is 1360. The van der Waals surface area contributed by atoms with Gasteiger partial charge in [0.15, 0.2) is 12.4 Å². The molecule has 4 rings (SSSR count). The second kappa shape index (κ2) is 10.0. The Labute approximate surface area is 199 Å². The van der Waals surface area contributed by atoms with Gasteiger partial charge in [0.25, 0.3) is 11.6 Å². The maximum atomic E-state index is 13.0. The van der Waals surface area contributed by atoms with E-state index in [1.54, 1.807) is 6.20 Å². The van der Waals surface area contributed by atoms with Crippen LogP contribution < -0.4 is 14.8 Å². The standard InChI is InChI=1S/C25H21FN4O5/c1-16-9-17(2)11-22(10-16)35-23-13-19(12-20(14-23)30(32)33)27-25(31)24-7-8-29(28-24)15-34-21-5-3-18(26)4-6-21/h3-14H,15H2,1-2H3,(H,27,31). The van der Waals surface area contributed by atoms with Crippen molar-refractivity contribution < 1.29 is 23.6 Å². The Morgan fingerprint density at radius 1 is 1.00 bits per heavy atom. The second-order valence-corrected chi connectivity index (χ2v) is 7.82. The highest BCUT2D eigenvalue weighted by Crippen LogP contribution is 2.31. The van der Waals surface area contributed by atoms with Crippen LogP contribution in [0.5, 0.6) is 17.2 Å². The third-order valence-corrected chi connectivity index (χ3v) is 4.84. The maximum absolute atomic E-state index is 13.0. The van der Waals surface area contributed by atoms with Gasteiger partial charge in [-0.25, -0.2) is 9.07 Å². The Morgan fingerprint density at radius 2 is 1.69 bits per heavy atom. The van der Waals surface area contributed by atoms with Gasteiger partial charge in [0.2, 0.25) is 0 Å². The van der Waals surface area contributed by atoms with Gasteiger partial charge in [-0.15, -0.1) is 0 Å². The Morgan fingerprint density at radius 3 is 2.37 bits per heavy atom. The van der Waals surface area contributed by atoms with Gasteiger partial charge in [-0.2, -0.15) is 5.10 Å². The number of carbonyl (C=O) groups excluding carboxylic acids is 1. The van der Waals surface area contributed by atoms with Crippen LogP contribution in [0.4, 0.5) is 15.8 Å². The van der Waals surface area contributed by atoms with Crippen molar-refractivity contribution >= 4 is 17.3 Å². The van der Waals surface area contributed by atoms with E-state index in [-0.39, 0.29) is 35.4 Å². The topological polar surface area (TPSA) is 109 Å². The normalized spacial score (nSPS) is 10.6. The number of benzene rings is 3. The van der Waals surface area contributed by atoms with Crippen LogP contribution in [0.25, 0.3) is 0 Å². The van der Waals surface area contributed by atoms with Gasteiger partial charge in [-0.3, -0.25) is 14.9 Å². The van der Waals surface area contributed by atoms with Crippen LogP contribution in [-0.4, -0.2) is 20.6 Å². The highest BCUT2D eigenvalue weighted by molar-refractivity contribution is 6.03. The summed E-state index contributed by atoms with van der Waals surface area (Å²) in [5.41, 5.74) is 1.99. The minimum atomic E-state index is -0.566. The summed E-state index contributed by atoms with van der Waals surface area (Å²) < 4.78 is 25.7. The van der Waals surface area contributed by atoms with E-state index in [1.165, 1.54) is 53.2 Å². The molecule has 0 saturated heterocycles. The molecule has 9 nitrogen and oxygen atoms in total. The second-order valence-electron chi connectivity index (χ2n) is 7.82. The molecule has 0 aliphatic rings. The minimum Gasteiger partial charge on any atom is -0.471 e. The fraction of sp³-hybridized carbons (Fsp3) is 0.120. The van der Waals surface area contributed by atoms with Crippen LogP contribution >= 0.6 is 0 Å². The van der Waals surface area contributed by atoms with Crippen molar-refractivity contribution in [3.8, 4) is 17.2 Å². The molecule has 0 fully saturated rings. The number of amides is 1. The Balaban J connectivity index is 1.47. The van der Waals surface area contributed by atoms with E-state index in [4.69, 9.17) is 9.47 Å².